The molecule has 0 spiro atoms. The predicted octanol–water partition coefficient (Wildman–Crippen LogP) is 2.70. The van der Waals surface area contributed by atoms with Gasteiger partial charge < -0.3 is 10.1 Å². The summed E-state index contributed by atoms with van der Waals surface area (Å²) in [5, 5.41) is 15.1. The Bertz CT molecular complexity index is 463. The van der Waals surface area contributed by atoms with E-state index in [1.807, 2.05) is 6.20 Å². The highest BCUT2D eigenvalue weighted by Gasteiger charge is 2.30. The molecule has 1 aliphatic carbocycles. The van der Waals surface area contributed by atoms with Gasteiger partial charge in [-0.3, -0.25) is 5.32 Å². The number of aliphatic hydroxyl groups is 1. The second kappa shape index (κ2) is 6.52. The minimum absolute atomic E-state index is 0.134. The molecule has 108 valence electrons. The number of aromatic nitrogens is 2. The van der Waals surface area contributed by atoms with Gasteiger partial charge in [-0.1, -0.05) is 12.5 Å². The number of rotatable bonds is 6. The van der Waals surface area contributed by atoms with Gasteiger partial charge in [0.25, 0.3) is 0 Å². The third kappa shape index (κ3) is 2.95. The van der Waals surface area contributed by atoms with Crippen molar-refractivity contribution in [2.24, 2.45) is 5.92 Å². The minimum atomic E-state index is 0.134. The lowest BCUT2D eigenvalue weighted by Crippen LogP contribution is -2.36. The average molecular weight is 291 g/mol. The van der Waals surface area contributed by atoms with Crippen molar-refractivity contribution in [2.45, 2.75) is 37.8 Å². The van der Waals surface area contributed by atoms with Crippen LogP contribution in [0.5, 0.6) is 0 Å². The van der Waals surface area contributed by atoms with Crippen LogP contribution >= 0.6 is 11.3 Å². The third-order valence-corrected chi connectivity index (χ3v) is 5.10. The summed E-state index contributed by atoms with van der Waals surface area (Å²) in [4.78, 5) is 8.94. The maximum Gasteiger partial charge on any atom is 0.128 e. The number of imidazole rings is 1. The molecule has 1 fully saturated rings. The van der Waals surface area contributed by atoms with Gasteiger partial charge in [-0.2, -0.15) is 0 Å². The van der Waals surface area contributed by atoms with Crippen LogP contribution in [0.15, 0.2) is 29.9 Å². The van der Waals surface area contributed by atoms with E-state index in [9.17, 15) is 5.11 Å². The normalized spacial score (nSPS) is 24.1. The number of nitrogens with one attached hydrogen (secondary N) is 2. The number of thiophene rings is 1. The van der Waals surface area contributed by atoms with Crippen LogP contribution in [0.2, 0.25) is 0 Å². The Kier molecular flexibility index (Phi) is 4.50. The topological polar surface area (TPSA) is 60.9 Å². The average Bonchev–Trinajstić information content (AvgIpc) is 3.20. The molecule has 0 amide bonds. The quantitative estimate of drug-likeness (QED) is 0.767. The van der Waals surface area contributed by atoms with E-state index in [4.69, 9.17) is 0 Å². The molecular weight excluding hydrogens is 270 g/mol. The Morgan fingerprint density at radius 2 is 2.45 bits per heavy atom. The molecule has 2 aromatic rings. The highest BCUT2D eigenvalue weighted by Crippen LogP contribution is 2.32. The lowest BCUT2D eigenvalue weighted by atomic mass is 9.99. The van der Waals surface area contributed by atoms with Crippen LogP contribution in [0, 0.1) is 5.92 Å². The summed E-state index contributed by atoms with van der Waals surface area (Å²) >= 11 is 1.76. The van der Waals surface area contributed by atoms with E-state index in [-0.39, 0.29) is 12.6 Å². The number of hydrogen-bond acceptors (Lipinski definition) is 4. The van der Waals surface area contributed by atoms with Crippen LogP contribution in [0.4, 0.5) is 0 Å². The fourth-order valence-electron chi connectivity index (χ4n) is 3.17. The Hall–Kier alpha value is -1.17. The van der Waals surface area contributed by atoms with E-state index in [1.54, 1.807) is 17.5 Å². The predicted molar refractivity (Wildman–Crippen MR) is 80.7 cm³/mol. The molecule has 3 atom stereocenters. The van der Waals surface area contributed by atoms with Crippen LogP contribution in [0.1, 0.15) is 42.4 Å². The Morgan fingerprint density at radius 3 is 3.15 bits per heavy atom. The van der Waals surface area contributed by atoms with Crippen LogP contribution in [0.3, 0.4) is 0 Å². The summed E-state index contributed by atoms with van der Waals surface area (Å²) in [6.07, 6.45) is 8.22. The van der Waals surface area contributed by atoms with Gasteiger partial charge in [0.1, 0.15) is 11.9 Å². The molecule has 2 aromatic heterocycles. The zero-order chi connectivity index (χ0) is 13.8. The maximum absolute atomic E-state index is 9.20. The fraction of sp³-hybridized carbons (Fsp3) is 0.533. The lowest BCUT2D eigenvalue weighted by Gasteiger charge is -2.25. The molecule has 0 saturated heterocycles. The Balaban J connectivity index is 1.77. The molecule has 0 unspecified atom stereocenters. The summed E-state index contributed by atoms with van der Waals surface area (Å²) in [5.41, 5.74) is 0. The van der Waals surface area contributed by atoms with Gasteiger partial charge in [0.05, 0.1) is 0 Å². The molecule has 0 aromatic carbocycles. The van der Waals surface area contributed by atoms with E-state index < -0.39 is 0 Å². The first-order valence-electron chi connectivity index (χ1n) is 7.28. The van der Waals surface area contributed by atoms with Gasteiger partial charge >= 0.3 is 0 Å². The molecule has 2 heterocycles. The molecule has 3 N–H and O–H groups in total. The van der Waals surface area contributed by atoms with Crippen LogP contribution in [-0.4, -0.2) is 27.7 Å². The van der Waals surface area contributed by atoms with Crippen molar-refractivity contribution >= 4 is 11.3 Å². The SMILES string of the molecule is OCC[C@@H]1CCC[C@@H]1N[C@H](c1ncc[nH]1)c1cccs1. The van der Waals surface area contributed by atoms with E-state index in [0.29, 0.717) is 12.0 Å². The van der Waals surface area contributed by atoms with E-state index in [0.717, 1.165) is 12.2 Å². The zero-order valence-electron chi connectivity index (χ0n) is 11.5. The van der Waals surface area contributed by atoms with E-state index in [1.165, 1.54) is 24.1 Å². The second-order valence-electron chi connectivity index (χ2n) is 5.40. The molecule has 0 radical (unpaired) electrons. The summed E-state index contributed by atoms with van der Waals surface area (Å²) in [5.74, 6) is 1.56. The molecule has 20 heavy (non-hydrogen) atoms. The smallest absolute Gasteiger partial charge is 0.128 e. The largest absolute Gasteiger partial charge is 0.396 e. The van der Waals surface area contributed by atoms with E-state index >= 15 is 0 Å². The Morgan fingerprint density at radius 1 is 1.50 bits per heavy atom. The summed E-state index contributed by atoms with van der Waals surface area (Å²) in [6, 6.07) is 4.84. The second-order valence-corrected chi connectivity index (χ2v) is 6.38. The molecule has 4 nitrogen and oxygen atoms in total. The van der Waals surface area contributed by atoms with Crippen molar-refractivity contribution in [1.82, 2.24) is 15.3 Å². The standard InChI is InChI=1S/C15H21N3OS/c19-9-6-11-3-1-4-12(11)18-14(13-5-2-10-20-13)15-16-7-8-17-15/h2,5,7-8,10-12,14,18-19H,1,3-4,6,9H2,(H,16,17)/t11-,12-,14-/m0/s1. The third-order valence-electron chi connectivity index (χ3n) is 4.16. The van der Waals surface area contributed by atoms with Crippen molar-refractivity contribution in [1.29, 1.82) is 0 Å². The van der Waals surface area contributed by atoms with Crippen molar-refractivity contribution in [3.05, 3.63) is 40.6 Å². The molecule has 3 rings (SSSR count). The number of aliphatic hydroxyl groups excluding tert-OH is 1. The molecule has 0 aliphatic heterocycles. The van der Waals surface area contributed by atoms with Crippen molar-refractivity contribution in [3.63, 3.8) is 0 Å². The van der Waals surface area contributed by atoms with Crippen molar-refractivity contribution < 1.29 is 5.11 Å². The Labute approximate surface area is 123 Å². The van der Waals surface area contributed by atoms with Crippen LogP contribution < -0.4 is 5.32 Å². The van der Waals surface area contributed by atoms with Gasteiger partial charge in [0, 0.05) is 29.9 Å². The maximum atomic E-state index is 9.20. The molecule has 0 bridgehead atoms. The first kappa shape index (κ1) is 13.8. The fourth-order valence-corrected chi connectivity index (χ4v) is 3.96. The summed E-state index contributed by atoms with van der Waals surface area (Å²) < 4.78 is 0. The van der Waals surface area contributed by atoms with Gasteiger partial charge in [0.2, 0.25) is 0 Å². The zero-order valence-corrected chi connectivity index (χ0v) is 12.3. The minimum Gasteiger partial charge on any atom is -0.396 e. The molecule has 1 saturated carbocycles. The summed E-state index contributed by atoms with van der Waals surface area (Å²) in [7, 11) is 0. The first-order valence-corrected chi connectivity index (χ1v) is 8.16. The first-order chi connectivity index (χ1) is 9.88. The number of aromatic amines is 1. The molecule has 5 heteroatoms. The highest BCUT2D eigenvalue weighted by atomic mass is 32.1. The van der Waals surface area contributed by atoms with Crippen molar-refractivity contribution in [2.75, 3.05) is 6.61 Å². The molecule has 1 aliphatic rings. The van der Waals surface area contributed by atoms with Crippen molar-refractivity contribution in [3.8, 4) is 0 Å². The molecular formula is C15H21N3OS. The lowest BCUT2D eigenvalue weighted by molar-refractivity contribution is 0.238. The van der Waals surface area contributed by atoms with Gasteiger partial charge in [-0.15, -0.1) is 11.3 Å². The monoisotopic (exact) mass is 291 g/mol. The van der Waals surface area contributed by atoms with Gasteiger partial charge in [-0.05, 0) is 36.6 Å². The summed E-state index contributed by atoms with van der Waals surface area (Å²) in [6.45, 7) is 0.285. The number of H-pyrrole nitrogens is 1. The highest BCUT2D eigenvalue weighted by molar-refractivity contribution is 7.10. The number of hydrogen-bond donors (Lipinski definition) is 3. The van der Waals surface area contributed by atoms with Gasteiger partial charge in [0.15, 0.2) is 0 Å². The van der Waals surface area contributed by atoms with Crippen LogP contribution in [0.25, 0.3) is 0 Å². The number of nitrogens with zero attached hydrogens (tertiary/aromatic N) is 1. The van der Waals surface area contributed by atoms with Crippen LogP contribution in [-0.2, 0) is 0 Å². The van der Waals surface area contributed by atoms with E-state index in [2.05, 4.69) is 32.8 Å². The van der Waals surface area contributed by atoms with Gasteiger partial charge in [-0.25, -0.2) is 4.98 Å².